The average Bonchev–Trinajstić information content (AvgIpc) is 2.99. The molecule has 0 unspecified atom stereocenters. The van der Waals surface area contributed by atoms with Crippen LogP contribution in [0.2, 0.25) is 0 Å². The topological polar surface area (TPSA) is 50.2 Å². The second-order valence-electron chi connectivity index (χ2n) is 5.69. The molecule has 1 amide bonds. The lowest BCUT2D eigenvalue weighted by Gasteiger charge is -2.36. The number of hydrogen-bond donors (Lipinski definition) is 1. The number of rotatable bonds is 4. The summed E-state index contributed by atoms with van der Waals surface area (Å²) in [5.74, 6) is 0.198. The minimum absolute atomic E-state index is 0.127. The van der Waals surface area contributed by atoms with Gasteiger partial charge in [0, 0.05) is 38.8 Å². The van der Waals surface area contributed by atoms with Gasteiger partial charge in [0.2, 0.25) is 5.91 Å². The van der Waals surface area contributed by atoms with Crippen molar-refractivity contribution in [3.05, 3.63) is 53.9 Å². The van der Waals surface area contributed by atoms with E-state index in [0.29, 0.717) is 13.0 Å². The zero-order valence-corrected chi connectivity index (χ0v) is 12.9. The standard InChI is InChI=1S/C17H22N4O/c1-14-7-10-20(19-14)11-8-17(22)21-12-9-18-13-16(21)15-5-3-2-4-6-15/h2-7,10,16,18H,8-9,11-13H2,1H3/t16-/m1/s1. The molecule has 1 atom stereocenters. The summed E-state index contributed by atoms with van der Waals surface area (Å²) in [6.45, 7) is 5.03. The molecule has 116 valence electrons. The van der Waals surface area contributed by atoms with Crippen LogP contribution in [0, 0.1) is 6.92 Å². The van der Waals surface area contributed by atoms with Gasteiger partial charge in [-0.3, -0.25) is 9.48 Å². The van der Waals surface area contributed by atoms with Gasteiger partial charge in [0.1, 0.15) is 0 Å². The van der Waals surface area contributed by atoms with Gasteiger partial charge in [0.05, 0.1) is 11.7 Å². The average molecular weight is 298 g/mol. The van der Waals surface area contributed by atoms with Crippen molar-refractivity contribution in [2.45, 2.75) is 25.9 Å². The van der Waals surface area contributed by atoms with E-state index in [1.807, 2.05) is 47.0 Å². The normalized spacial score (nSPS) is 18.4. The number of piperazine rings is 1. The van der Waals surface area contributed by atoms with E-state index < -0.39 is 0 Å². The molecule has 0 saturated carbocycles. The molecule has 0 spiro atoms. The predicted octanol–water partition coefficient (Wildman–Crippen LogP) is 1.75. The van der Waals surface area contributed by atoms with Gasteiger partial charge in [0.15, 0.2) is 0 Å². The van der Waals surface area contributed by atoms with Crippen molar-refractivity contribution in [2.75, 3.05) is 19.6 Å². The largest absolute Gasteiger partial charge is 0.333 e. The molecule has 22 heavy (non-hydrogen) atoms. The van der Waals surface area contributed by atoms with Crippen LogP contribution in [0.5, 0.6) is 0 Å². The summed E-state index contributed by atoms with van der Waals surface area (Å²) in [7, 11) is 0. The quantitative estimate of drug-likeness (QED) is 0.935. The Morgan fingerprint density at radius 3 is 2.86 bits per heavy atom. The van der Waals surface area contributed by atoms with Gasteiger partial charge in [-0.1, -0.05) is 30.3 Å². The summed E-state index contributed by atoms with van der Waals surface area (Å²) in [6.07, 6.45) is 2.42. The van der Waals surface area contributed by atoms with Crippen molar-refractivity contribution >= 4 is 5.91 Å². The summed E-state index contributed by atoms with van der Waals surface area (Å²) in [5.41, 5.74) is 2.18. The summed E-state index contributed by atoms with van der Waals surface area (Å²) >= 11 is 0. The molecule has 1 aromatic carbocycles. The first-order valence-corrected chi connectivity index (χ1v) is 7.79. The number of carbonyl (C=O) groups is 1. The van der Waals surface area contributed by atoms with E-state index in [0.717, 1.165) is 25.3 Å². The molecule has 0 bridgehead atoms. The van der Waals surface area contributed by atoms with Crippen molar-refractivity contribution in [2.24, 2.45) is 0 Å². The maximum absolute atomic E-state index is 12.6. The summed E-state index contributed by atoms with van der Waals surface area (Å²) < 4.78 is 1.84. The van der Waals surface area contributed by atoms with Gasteiger partial charge in [-0.15, -0.1) is 0 Å². The van der Waals surface area contributed by atoms with Crippen LogP contribution < -0.4 is 5.32 Å². The molecule has 1 aliphatic rings. The number of hydrogen-bond acceptors (Lipinski definition) is 3. The molecule has 0 aliphatic carbocycles. The van der Waals surface area contributed by atoms with E-state index in [9.17, 15) is 4.79 Å². The van der Waals surface area contributed by atoms with Gasteiger partial charge < -0.3 is 10.2 Å². The zero-order valence-electron chi connectivity index (χ0n) is 12.9. The number of amides is 1. The number of nitrogens with zero attached hydrogens (tertiary/aromatic N) is 3. The summed E-state index contributed by atoms with van der Waals surface area (Å²) in [4.78, 5) is 14.6. The van der Waals surface area contributed by atoms with Crippen LogP contribution in [0.1, 0.15) is 23.7 Å². The Morgan fingerprint density at radius 1 is 1.32 bits per heavy atom. The lowest BCUT2D eigenvalue weighted by Crippen LogP contribution is -2.48. The molecular weight excluding hydrogens is 276 g/mol. The van der Waals surface area contributed by atoms with Crippen molar-refractivity contribution in [3.8, 4) is 0 Å². The molecule has 5 nitrogen and oxygen atoms in total. The Bertz CT molecular complexity index is 623. The molecule has 1 aliphatic heterocycles. The molecule has 1 fully saturated rings. The van der Waals surface area contributed by atoms with Gasteiger partial charge in [-0.25, -0.2) is 0 Å². The Kier molecular flexibility index (Phi) is 4.53. The third-order valence-corrected chi connectivity index (χ3v) is 4.08. The maximum Gasteiger partial charge on any atom is 0.225 e. The lowest BCUT2D eigenvalue weighted by atomic mass is 10.0. The van der Waals surface area contributed by atoms with Gasteiger partial charge in [-0.2, -0.15) is 5.10 Å². The lowest BCUT2D eigenvalue weighted by molar-refractivity contribution is -0.134. The maximum atomic E-state index is 12.6. The van der Waals surface area contributed by atoms with E-state index in [1.54, 1.807) is 0 Å². The molecule has 2 aromatic rings. The van der Waals surface area contributed by atoms with Crippen LogP contribution >= 0.6 is 0 Å². The van der Waals surface area contributed by atoms with E-state index in [-0.39, 0.29) is 11.9 Å². The Hall–Kier alpha value is -2.14. The van der Waals surface area contributed by atoms with Crippen LogP contribution in [-0.2, 0) is 11.3 Å². The number of nitrogens with one attached hydrogen (secondary N) is 1. The molecule has 2 heterocycles. The summed E-state index contributed by atoms with van der Waals surface area (Å²) in [6, 6.07) is 12.3. The highest BCUT2D eigenvalue weighted by Gasteiger charge is 2.27. The Labute approximate surface area is 130 Å². The predicted molar refractivity (Wildman–Crippen MR) is 85.3 cm³/mol. The van der Waals surface area contributed by atoms with Crippen LogP contribution in [0.3, 0.4) is 0 Å². The van der Waals surface area contributed by atoms with E-state index in [2.05, 4.69) is 22.5 Å². The highest BCUT2D eigenvalue weighted by molar-refractivity contribution is 5.76. The second kappa shape index (κ2) is 6.75. The first-order valence-electron chi connectivity index (χ1n) is 7.79. The van der Waals surface area contributed by atoms with Crippen LogP contribution in [0.25, 0.3) is 0 Å². The van der Waals surface area contributed by atoms with Gasteiger partial charge >= 0.3 is 0 Å². The highest BCUT2D eigenvalue weighted by Crippen LogP contribution is 2.22. The molecule has 1 aromatic heterocycles. The van der Waals surface area contributed by atoms with Gasteiger partial charge in [-0.05, 0) is 18.6 Å². The first kappa shape index (κ1) is 14.8. The third-order valence-electron chi connectivity index (χ3n) is 4.08. The van der Waals surface area contributed by atoms with Crippen LogP contribution in [-0.4, -0.2) is 40.2 Å². The summed E-state index contributed by atoms with van der Waals surface area (Å²) in [5, 5.41) is 7.72. The van der Waals surface area contributed by atoms with Crippen molar-refractivity contribution in [1.29, 1.82) is 0 Å². The van der Waals surface area contributed by atoms with Crippen LogP contribution in [0.4, 0.5) is 0 Å². The fourth-order valence-electron chi connectivity index (χ4n) is 2.92. The van der Waals surface area contributed by atoms with E-state index >= 15 is 0 Å². The van der Waals surface area contributed by atoms with Gasteiger partial charge in [0.25, 0.3) is 0 Å². The first-order chi connectivity index (χ1) is 10.7. The molecule has 1 saturated heterocycles. The fraction of sp³-hybridized carbons (Fsp3) is 0.412. The highest BCUT2D eigenvalue weighted by atomic mass is 16.2. The van der Waals surface area contributed by atoms with Crippen molar-refractivity contribution < 1.29 is 4.79 Å². The number of aromatic nitrogens is 2. The smallest absolute Gasteiger partial charge is 0.225 e. The van der Waals surface area contributed by atoms with Crippen LogP contribution in [0.15, 0.2) is 42.6 Å². The number of aryl methyl sites for hydroxylation is 2. The molecule has 3 rings (SSSR count). The monoisotopic (exact) mass is 298 g/mol. The van der Waals surface area contributed by atoms with E-state index in [1.165, 1.54) is 5.56 Å². The fourth-order valence-corrected chi connectivity index (χ4v) is 2.92. The zero-order chi connectivity index (χ0) is 15.4. The number of carbonyl (C=O) groups excluding carboxylic acids is 1. The minimum atomic E-state index is 0.127. The molecular formula is C17H22N4O. The Morgan fingerprint density at radius 2 is 2.14 bits per heavy atom. The third kappa shape index (κ3) is 3.36. The SMILES string of the molecule is Cc1ccn(CCC(=O)N2CCNC[C@@H]2c2ccccc2)n1. The molecule has 5 heteroatoms. The second-order valence-corrected chi connectivity index (χ2v) is 5.69. The molecule has 0 radical (unpaired) electrons. The molecule has 1 N–H and O–H groups in total. The Balaban J connectivity index is 1.66. The van der Waals surface area contributed by atoms with E-state index in [4.69, 9.17) is 0 Å². The van der Waals surface area contributed by atoms with Crippen molar-refractivity contribution in [3.63, 3.8) is 0 Å². The number of benzene rings is 1. The minimum Gasteiger partial charge on any atom is -0.333 e. The van der Waals surface area contributed by atoms with Crippen molar-refractivity contribution in [1.82, 2.24) is 20.0 Å².